The molecule has 0 bridgehead atoms. The summed E-state index contributed by atoms with van der Waals surface area (Å²) in [6.45, 7) is 1.60. The molecule has 0 aromatic heterocycles. The summed E-state index contributed by atoms with van der Waals surface area (Å²) in [5.41, 5.74) is 1.11. The number of hydrogen-bond acceptors (Lipinski definition) is 5. The van der Waals surface area contributed by atoms with Crippen molar-refractivity contribution in [2.45, 2.75) is 11.8 Å². The van der Waals surface area contributed by atoms with Gasteiger partial charge in [0.05, 0.1) is 10.9 Å². The number of carboxylic acid groups (broad SMARTS) is 1. The van der Waals surface area contributed by atoms with Crippen molar-refractivity contribution < 1.29 is 23.1 Å². The number of aromatic carboxylic acids is 1. The van der Waals surface area contributed by atoms with Gasteiger partial charge in [0.25, 0.3) is 15.9 Å². The summed E-state index contributed by atoms with van der Waals surface area (Å²) >= 11 is 0. The number of rotatable bonds is 6. The van der Waals surface area contributed by atoms with Crippen LogP contribution in [0.15, 0.2) is 77.7 Å². The van der Waals surface area contributed by atoms with Crippen molar-refractivity contribution in [3.05, 3.63) is 89.5 Å². The Morgan fingerprint density at radius 3 is 2.21 bits per heavy atom. The van der Waals surface area contributed by atoms with Gasteiger partial charge in [-0.3, -0.25) is 9.52 Å². The summed E-state index contributed by atoms with van der Waals surface area (Å²) in [5.74, 6) is -1.87. The van der Waals surface area contributed by atoms with E-state index >= 15 is 0 Å². The molecule has 0 saturated heterocycles. The van der Waals surface area contributed by atoms with Crippen molar-refractivity contribution in [1.29, 1.82) is 0 Å². The van der Waals surface area contributed by atoms with Crippen molar-refractivity contribution in [2.24, 2.45) is 0 Å². The Hall–Kier alpha value is -3.65. The molecule has 0 aliphatic heterocycles. The highest BCUT2D eigenvalue weighted by atomic mass is 32.2. The predicted octanol–water partition coefficient (Wildman–Crippen LogP) is 2.41. The maximum absolute atomic E-state index is 12.8. The molecule has 29 heavy (non-hydrogen) atoms. The van der Waals surface area contributed by atoms with E-state index in [2.05, 4.69) is 10.0 Å². The number of carboxylic acids is 1. The maximum Gasteiger partial charge on any atom is 0.262 e. The summed E-state index contributed by atoms with van der Waals surface area (Å²) < 4.78 is 28.0. The molecule has 0 heterocycles. The fourth-order valence-corrected chi connectivity index (χ4v) is 4.00. The van der Waals surface area contributed by atoms with E-state index in [0.717, 1.165) is 6.07 Å². The quantitative estimate of drug-likeness (QED) is 0.649. The number of aryl methyl sites for hydroxylation is 1. The minimum Gasteiger partial charge on any atom is -0.545 e. The molecule has 3 rings (SSSR count). The molecule has 0 spiro atoms. The van der Waals surface area contributed by atoms with Crippen molar-refractivity contribution in [2.75, 3.05) is 10.0 Å². The molecule has 0 aliphatic carbocycles. The van der Waals surface area contributed by atoms with Gasteiger partial charge in [-0.25, -0.2) is 8.42 Å². The average molecular weight is 409 g/mol. The first-order chi connectivity index (χ1) is 13.8. The van der Waals surface area contributed by atoms with Gasteiger partial charge in [-0.2, -0.15) is 0 Å². The lowest BCUT2D eigenvalue weighted by molar-refractivity contribution is -0.255. The normalized spacial score (nSPS) is 10.9. The topological polar surface area (TPSA) is 115 Å². The SMILES string of the molecule is Cc1ccc(C(=O)Nc2ccccc2)cc1S(=O)(=O)Nc1cccc(C(=O)[O-])c1. The second-order valence-electron chi connectivity index (χ2n) is 6.27. The molecular weight excluding hydrogens is 392 g/mol. The molecule has 0 unspecified atom stereocenters. The Bertz CT molecular complexity index is 1170. The van der Waals surface area contributed by atoms with Crippen LogP contribution in [0.5, 0.6) is 0 Å². The van der Waals surface area contributed by atoms with Gasteiger partial charge in [-0.1, -0.05) is 36.4 Å². The van der Waals surface area contributed by atoms with Gasteiger partial charge in [0.1, 0.15) is 0 Å². The highest BCUT2D eigenvalue weighted by Gasteiger charge is 2.19. The Kier molecular flexibility index (Phi) is 5.65. The number of sulfonamides is 1. The zero-order valence-corrected chi connectivity index (χ0v) is 16.2. The largest absolute Gasteiger partial charge is 0.545 e. The average Bonchev–Trinajstić information content (AvgIpc) is 2.68. The van der Waals surface area contributed by atoms with E-state index in [1.165, 1.54) is 36.4 Å². The molecule has 1 amide bonds. The molecular formula is C21H17N2O5S-. The van der Waals surface area contributed by atoms with E-state index in [1.807, 2.05) is 6.07 Å². The van der Waals surface area contributed by atoms with Crippen LogP contribution < -0.4 is 15.1 Å². The molecule has 8 heteroatoms. The number of carbonyl (C=O) groups excluding carboxylic acids is 2. The van der Waals surface area contributed by atoms with Crippen LogP contribution in [0.3, 0.4) is 0 Å². The third-order valence-corrected chi connectivity index (χ3v) is 5.65. The van der Waals surface area contributed by atoms with Crippen LogP contribution in [0, 0.1) is 6.92 Å². The van der Waals surface area contributed by atoms with Crippen LogP contribution in [0.4, 0.5) is 11.4 Å². The third kappa shape index (κ3) is 4.80. The van der Waals surface area contributed by atoms with Gasteiger partial charge in [0.15, 0.2) is 0 Å². The molecule has 0 radical (unpaired) electrons. The molecule has 3 aromatic carbocycles. The van der Waals surface area contributed by atoms with Crippen molar-refractivity contribution in [3.8, 4) is 0 Å². The number of anilines is 2. The number of carbonyl (C=O) groups is 2. The highest BCUT2D eigenvalue weighted by molar-refractivity contribution is 7.92. The van der Waals surface area contributed by atoms with E-state index in [0.29, 0.717) is 11.3 Å². The van der Waals surface area contributed by atoms with Gasteiger partial charge in [-0.15, -0.1) is 0 Å². The Morgan fingerprint density at radius 2 is 1.52 bits per heavy atom. The summed E-state index contributed by atoms with van der Waals surface area (Å²) in [6, 6.07) is 18.4. The van der Waals surface area contributed by atoms with E-state index in [4.69, 9.17) is 0 Å². The van der Waals surface area contributed by atoms with E-state index in [-0.39, 0.29) is 21.7 Å². The Balaban J connectivity index is 1.89. The molecule has 148 valence electrons. The maximum atomic E-state index is 12.8. The summed E-state index contributed by atoms with van der Waals surface area (Å²) in [7, 11) is -4.06. The Morgan fingerprint density at radius 1 is 0.828 bits per heavy atom. The van der Waals surface area contributed by atoms with Gasteiger partial charge in [0.2, 0.25) is 0 Å². The number of para-hydroxylation sites is 1. The van der Waals surface area contributed by atoms with Crippen LogP contribution >= 0.6 is 0 Å². The highest BCUT2D eigenvalue weighted by Crippen LogP contribution is 2.22. The Labute approximate surface area is 168 Å². The van der Waals surface area contributed by atoms with Gasteiger partial charge in [0, 0.05) is 16.9 Å². The number of hydrogen-bond donors (Lipinski definition) is 2. The lowest BCUT2D eigenvalue weighted by Crippen LogP contribution is -2.22. The predicted molar refractivity (Wildman–Crippen MR) is 107 cm³/mol. The zero-order chi connectivity index (χ0) is 21.0. The molecule has 0 atom stereocenters. The monoisotopic (exact) mass is 409 g/mol. The number of nitrogens with one attached hydrogen (secondary N) is 2. The molecule has 0 saturated carbocycles. The van der Waals surface area contributed by atoms with Gasteiger partial charge < -0.3 is 15.2 Å². The summed E-state index contributed by atoms with van der Waals surface area (Å²) in [6.07, 6.45) is 0. The van der Waals surface area contributed by atoms with E-state index < -0.39 is 21.9 Å². The standard InChI is InChI=1S/C21H18N2O5S/c1-14-10-11-15(20(24)22-17-7-3-2-4-8-17)13-19(14)29(27,28)23-18-9-5-6-16(12-18)21(25)26/h2-13,23H,1H3,(H,22,24)(H,25,26)/p-1. The third-order valence-electron chi connectivity index (χ3n) is 4.12. The number of amides is 1. The smallest absolute Gasteiger partial charge is 0.262 e. The molecule has 0 fully saturated rings. The minimum absolute atomic E-state index is 0.0743. The second-order valence-corrected chi connectivity index (χ2v) is 7.93. The van der Waals surface area contributed by atoms with Gasteiger partial charge in [-0.05, 0) is 54.4 Å². The molecule has 2 N–H and O–H groups in total. The van der Waals surface area contributed by atoms with Crippen LogP contribution in [0.2, 0.25) is 0 Å². The van der Waals surface area contributed by atoms with Crippen LogP contribution in [-0.4, -0.2) is 20.3 Å². The summed E-state index contributed by atoms with van der Waals surface area (Å²) in [4.78, 5) is 23.4. The first-order valence-electron chi connectivity index (χ1n) is 8.57. The van der Waals surface area contributed by atoms with Crippen LogP contribution in [0.25, 0.3) is 0 Å². The second kappa shape index (κ2) is 8.15. The van der Waals surface area contributed by atoms with E-state index in [1.54, 1.807) is 31.2 Å². The fourth-order valence-electron chi connectivity index (χ4n) is 2.68. The van der Waals surface area contributed by atoms with E-state index in [9.17, 15) is 23.1 Å². The van der Waals surface area contributed by atoms with Crippen LogP contribution in [-0.2, 0) is 10.0 Å². The lowest BCUT2D eigenvalue weighted by Gasteiger charge is -2.13. The fraction of sp³-hybridized carbons (Fsp3) is 0.0476. The van der Waals surface area contributed by atoms with Crippen molar-refractivity contribution in [1.82, 2.24) is 0 Å². The molecule has 3 aromatic rings. The van der Waals surface area contributed by atoms with Gasteiger partial charge >= 0.3 is 0 Å². The zero-order valence-electron chi connectivity index (χ0n) is 15.4. The first kappa shape index (κ1) is 20.1. The first-order valence-corrected chi connectivity index (χ1v) is 10.1. The minimum atomic E-state index is -4.06. The lowest BCUT2D eigenvalue weighted by atomic mass is 10.1. The molecule has 7 nitrogen and oxygen atoms in total. The van der Waals surface area contributed by atoms with Crippen molar-refractivity contribution >= 4 is 33.3 Å². The number of benzene rings is 3. The summed E-state index contributed by atoms with van der Waals surface area (Å²) in [5, 5.41) is 13.7. The van der Waals surface area contributed by atoms with Crippen molar-refractivity contribution in [3.63, 3.8) is 0 Å². The molecule has 0 aliphatic rings. The van der Waals surface area contributed by atoms with Crippen LogP contribution in [0.1, 0.15) is 26.3 Å².